The molecular formula is C11H17N3OS. The first kappa shape index (κ1) is 12.7. The minimum absolute atomic E-state index is 0.565. The lowest BCUT2D eigenvalue weighted by molar-refractivity contribution is 0.398. The highest BCUT2D eigenvalue weighted by atomic mass is 32.2. The summed E-state index contributed by atoms with van der Waals surface area (Å²) < 4.78 is 5.03. The second-order valence-corrected chi connectivity index (χ2v) is 4.23. The summed E-state index contributed by atoms with van der Waals surface area (Å²) in [7, 11) is 1.59. The molecule has 88 valence electrons. The summed E-state index contributed by atoms with van der Waals surface area (Å²) in [6.07, 6.45) is 1.89. The van der Waals surface area contributed by atoms with Gasteiger partial charge in [-0.15, -0.1) is 6.58 Å². The maximum atomic E-state index is 5.78. The first-order chi connectivity index (χ1) is 7.77. The number of methoxy groups -OCH3 is 1. The fourth-order valence-electron chi connectivity index (χ4n) is 1.12. The van der Waals surface area contributed by atoms with Gasteiger partial charge in [0, 0.05) is 24.1 Å². The van der Waals surface area contributed by atoms with Crippen LogP contribution in [0.2, 0.25) is 0 Å². The van der Waals surface area contributed by atoms with Crippen LogP contribution < -0.4 is 15.8 Å². The van der Waals surface area contributed by atoms with Crippen LogP contribution in [0.1, 0.15) is 0 Å². The number of nitrogen functional groups attached to an aromatic ring is 1. The summed E-state index contributed by atoms with van der Waals surface area (Å²) in [6.45, 7) is 4.49. The van der Waals surface area contributed by atoms with Crippen LogP contribution in [0.4, 0.5) is 11.5 Å². The molecule has 1 rings (SSSR count). The summed E-state index contributed by atoms with van der Waals surface area (Å²) in [5.41, 5.74) is 6.42. The van der Waals surface area contributed by atoms with Crippen LogP contribution >= 0.6 is 11.8 Å². The number of aromatic nitrogens is 1. The van der Waals surface area contributed by atoms with E-state index < -0.39 is 0 Å². The Bertz CT molecular complexity index is 344. The molecule has 5 heteroatoms. The van der Waals surface area contributed by atoms with Gasteiger partial charge in [0.05, 0.1) is 12.8 Å². The Balaban J connectivity index is 2.43. The average Bonchev–Trinajstić information content (AvgIpc) is 2.31. The maximum Gasteiger partial charge on any atom is 0.215 e. The van der Waals surface area contributed by atoms with Gasteiger partial charge in [0.1, 0.15) is 0 Å². The van der Waals surface area contributed by atoms with Crippen LogP contribution in [0.15, 0.2) is 24.8 Å². The Kier molecular flexibility index (Phi) is 5.56. The Morgan fingerprint density at radius 3 is 3.12 bits per heavy atom. The van der Waals surface area contributed by atoms with E-state index in [0.717, 1.165) is 18.1 Å². The van der Waals surface area contributed by atoms with Gasteiger partial charge in [-0.3, -0.25) is 0 Å². The van der Waals surface area contributed by atoms with E-state index in [0.29, 0.717) is 17.4 Å². The van der Waals surface area contributed by atoms with E-state index in [4.69, 9.17) is 10.5 Å². The molecule has 0 spiro atoms. The quantitative estimate of drug-likeness (QED) is 0.563. The molecule has 0 aliphatic heterocycles. The van der Waals surface area contributed by atoms with Gasteiger partial charge in [-0.05, 0) is 6.07 Å². The van der Waals surface area contributed by atoms with E-state index in [1.165, 1.54) is 0 Å². The normalized spacial score (nSPS) is 9.81. The zero-order valence-electron chi connectivity index (χ0n) is 9.40. The van der Waals surface area contributed by atoms with Crippen LogP contribution in [0.25, 0.3) is 0 Å². The highest BCUT2D eigenvalue weighted by Gasteiger charge is 2.01. The van der Waals surface area contributed by atoms with Crippen molar-refractivity contribution in [3.05, 3.63) is 24.8 Å². The molecule has 3 N–H and O–H groups in total. The second kappa shape index (κ2) is 7.00. The van der Waals surface area contributed by atoms with Crippen molar-refractivity contribution in [2.45, 2.75) is 0 Å². The Morgan fingerprint density at radius 1 is 1.62 bits per heavy atom. The molecule has 0 atom stereocenters. The number of nitrogens with zero attached hydrogens (tertiary/aromatic N) is 1. The van der Waals surface area contributed by atoms with E-state index in [1.54, 1.807) is 19.2 Å². The molecule has 16 heavy (non-hydrogen) atoms. The smallest absolute Gasteiger partial charge is 0.215 e. The molecule has 0 amide bonds. The lowest BCUT2D eigenvalue weighted by Gasteiger charge is -2.09. The molecular weight excluding hydrogens is 222 g/mol. The van der Waals surface area contributed by atoms with Crippen LogP contribution in [-0.2, 0) is 0 Å². The summed E-state index contributed by atoms with van der Waals surface area (Å²) in [5, 5.41) is 3.18. The molecule has 4 nitrogen and oxygen atoms in total. The van der Waals surface area contributed by atoms with Gasteiger partial charge in [-0.1, -0.05) is 6.08 Å². The van der Waals surface area contributed by atoms with E-state index >= 15 is 0 Å². The highest BCUT2D eigenvalue weighted by Crippen LogP contribution is 2.19. The summed E-state index contributed by atoms with van der Waals surface area (Å²) in [6, 6.07) is 3.53. The zero-order valence-corrected chi connectivity index (χ0v) is 10.2. The highest BCUT2D eigenvalue weighted by molar-refractivity contribution is 7.99. The molecule has 1 aromatic rings. The topological polar surface area (TPSA) is 60.2 Å². The number of anilines is 2. The van der Waals surface area contributed by atoms with E-state index in [1.807, 2.05) is 17.8 Å². The molecule has 0 saturated carbocycles. The van der Waals surface area contributed by atoms with E-state index in [-0.39, 0.29) is 0 Å². The van der Waals surface area contributed by atoms with Crippen LogP contribution in [0.5, 0.6) is 5.88 Å². The first-order valence-corrected chi connectivity index (χ1v) is 6.16. The fourth-order valence-corrected chi connectivity index (χ4v) is 1.70. The molecule has 0 aromatic carbocycles. The van der Waals surface area contributed by atoms with Crippen molar-refractivity contribution < 1.29 is 4.74 Å². The first-order valence-electron chi connectivity index (χ1n) is 5.01. The van der Waals surface area contributed by atoms with Gasteiger partial charge in [-0.2, -0.15) is 16.7 Å². The molecule has 0 unspecified atom stereocenters. The standard InChI is InChI=1S/C11H17N3OS/c1-3-7-16-8-6-13-11-9(12)4-5-10(14-11)15-2/h3-5H,1,6-8,12H2,2H3,(H,13,14). The van der Waals surface area contributed by atoms with E-state index in [2.05, 4.69) is 16.9 Å². The predicted molar refractivity (Wildman–Crippen MR) is 71.2 cm³/mol. The Hall–Kier alpha value is -1.36. The summed E-state index contributed by atoms with van der Waals surface area (Å²) in [5.74, 6) is 3.20. The third-order valence-corrected chi connectivity index (χ3v) is 2.85. The van der Waals surface area contributed by atoms with Gasteiger partial charge in [0.2, 0.25) is 5.88 Å². The van der Waals surface area contributed by atoms with Crippen molar-refractivity contribution in [3.8, 4) is 5.88 Å². The molecule has 0 aliphatic carbocycles. The third-order valence-electron chi connectivity index (χ3n) is 1.88. The van der Waals surface area contributed by atoms with Gasteiger partial charge in [-0.25, -0.2) is 0 Å². The molecule has 0 saturated heterocycles. The van der Waals surface area contributed by atoms with Gasteiger partial charge in [0.25, 0.3) is 0 Å². The van der Waals surface area contributed by atoms with Crippen molar-refractivity contribution in [2.24, 2.45) is 0 Å². The lowest BCUT2D eigenvalue weighted by atomic mass is 10.4. The molecule has 0 bridgehead atoms. The second-order valence-electron chi connectivity index (χ2n) is 3.08. The van der Waals surface area contributed by atoms with Crippen molar-refractivity contribution >= 4 is 23.3 Å². The molecule has 1 aromatic heterocycles. The van der Waals surface area contributed by atoms with Crippen LogP contribution in [0, 0.1) is 0 Å². The average molecular weight is 239 g/mol. The van der Waals surface area contributed by atoms with Crippen LogP contribution in [-0.4, -0.2) is 30.1 Å². The lowest BCUT2D eigenvalue weighted by Crippen LogP contribution is -2.08. The van der Waals surface area contributed by atoms with Crippen molar-refractivity contribution in [2.75, 3.05) is 36.2 Å². The molecule has 1 heterocycles. The van der Waals surface area contributed by atoms with Gasteiger partial charge < -0.3 is 15.8 Å². The van der Waals surface area contributed by atoms with Crippen molar-refractivity contribution in [1.29, 1.82) is 0 Å². The molecule has 0 fully saturated rings. The maximum absolute atomic E-state index is 5.78. The largest absolute Gasteiger partial charge is 0.481 e. The molecule has 0 aliphatic rings. The summed E-state index contributed by atoms with van der Waals surface area (Å²) >= 11 is 1.81. The van der Waals surface area contributed by atoms with Gasteiger partial charge >= 0.3 is 0 Å². The number of pyridine rings is 1. The number of ether oxygens (including phenoxy) is 1. The number of thioether (sulfide) groups is 1. The van der Waals surface area contributed by atoms with Crippen LogP contribution in [0.3, 0.4) is 0 Å². The fraction of sp³-hybridized carbons (Fsp3) is 0.364. The van der Waals surface area contributed by atoms with Crippen molar-refractivity contribution in [1.82, 2.24) is 4.98 Å². The minimum atomic E-state index is 0.565. The van der Waals surface area contributed by atoms with Crippen molar-refractivity contribution in [3.63, 3.8) is 0 Å². The minimum Gasteiger partial charge on any atom is -0.481 e. The monoisotopic (exact) mass is 239 g/mol. The van der Waals surface area contributed by atoms with Gasteiger partial charge in [0.15, 0.2) is 5.82 Å². The third kappa shape index (κ3) is 4.02. The number of hydrogen-bond acceptors (Lipinski definition) is 5. The number of rotatable bonds is 7. The SMILES string of the molecule is C=CCSCCNc1nc(OC)ccc1N. The van der Waals surface area contributed by atoms with E-state index in [9.17, 15) is 0 Å². The number of hydrogen-bond donors (Lipinski definition) is 2. The Morgan fingerprint density at radius 2 is 2.44 bits per heavy atom. The zero-order chi connectivity index (χ0) is 11.8. The Labute approximate surface area is 100 Å². The molecule has 0 radical (unpaired) electrons. The number of nitrogens with two attached hydrogens (primary N) is 1. The number of nitrogens with one attached hydrogen (secondary N) is 1. The summed E-state index contributed by atoms with van der Waals surface area (Å²) in [4.78, 5) is 4.22. The predicted octanol–water partition coefficient (Wildman–Crippen LogP) is 2.00.